The molecule has 3 nitrogen and oxygen atoms in total. The quantitative estimate of drug-likeness (QED) is 0.508. The second-order valence-corrected chi connectivity index (χ2v) is 4.76. The first kappa shape index (κ1) is 13.6. The van der Waals surface area contributed by atoms with Gasteiger partial charge in [0, 0.05) is 12.1 Å². The number of piperidine rings is 1. The fourth-order valence-corrected chi connectivity index (χ4v) is 2.12. The summed E-state index contributed by atoms with van der Waals surface area (Å²) < 4.78 is 39.0. The SMILES string of the molecule is CC1CNC(=O)C(C(=O)c2cc(F)c(F)c(F)c2)C1. The molecule has 2 atom stereocenters. The molecule has 102 valence electrons. The van der Waals surface area contributed by atoms with E-state index < -0.39 is 35.1 Å². The lowest BCUT2D eigenvalue weighted by molar-refractivity contribution is -0.125. The molecule has 1 fully saturated rings. The van der Waals surface area contributed by atoms with E-state index >= 15 is 0 Å². The maximum atomic E-state index is 13.1. The third kappa shape index (κ3) is 2.62. The number of carbonyl (C=O) groups is 2. The Bertz CT molecular complexity index is 522. The lowest BCUT2D eigenvalue weighted by Gasteiger charge is -2.25. The lowest BCUT2D eigenvalue weighted by Crippen LogP contribution is -2.44. The van der Waals surface area contributed by atoms with Crippen LogP contribution in [0.15, 0.2) is 12.1 Å². The fourth-order valence-electron chi connectivity index (χ4n) is 2.12. The van der Waals surface area contributed by atoms with Gasteiger partial charge in [-0.05, 0) is 24.5 Å². The number of benzene rings is 1. The molecule has 2 rings (SSSR count). The van der Waals surface area contributed by atoms with Crippen LogP contribution in [0.2, 0.25) is 0 Å². The maximum Gasteiger partial charge on any atom is 0.230 e. The van der Waals surface area contributed by atoms with Crippen LogP contribution in [0.25, 0.3) is 0 Å². The van der Waals surface area contributed by atoms with E-state index in [1.165, 1.54) is 0 Å². The van der Waals surface area contributed by atoms with Gasteiger partial charge in [-0.1, -0.05) is 6.92 Å². The van der Waals surface area contributed by atoms with Crippen molar-refractivity contribution in [3.63, 3.8) is 0 Å². The van der Waals surface area contributed by atoms with Crippen molar-refractivity contribution < 1.29 is 22.8 Å². The van der Waals surface area contributed by atoms with Crippen LogP contribution in [-0.4, -0.2) is 18.2 Å². The average molecular weight is 271 g/mol. The van der Waals surface area contributed by atoms with Gasteiger partial charge in [0.1, 0.15) is 5.92 Å². The zero-order valence-electron chi connectivity index (χ0n) is 10.2. The van der Waals surface area contributed by atoms with Crippen molar-refractivity contribution in [2.75, 3.05) is 6.54 Å². The molecule has 1 aromatic carbocycles. The first-order valence-corrected chi connectivity index (χ1v) is 5.86. The molecule has 1 heterocycles. The van der Waals surface area contributed by atoms with Gasteiger partial charge in [0.2, 0.25) is 5.91 Å². The summed E-state index contributed by atoms with van der Waals surface area (Å²) in [6.45, 7) is 2.32. The van der Waals surface area contributed by atoms with Gasteiger partial charge < -0.3 is 5.32 Å². The van der Waals surface area contributed by atoms with Crippen molar-refractivity contribution in [1.82, 2.24) is 5.32 Å². The molecule has 0 radical (unpaired) electrons. The van der Waals surface area contributed by atoms with Gasteiger partial charge in [-0.3, -0.25) is 9.59 Å². The van der Waals surface area contributed by atoms with Crippen molar-refractivity contribution in [3.05, 3.63) is 35.1 Å². The van der Waals surface area contributed by atoms with Gasteiger partial charge in [0.05, 0.1) is 0 Å². The highest BCUT2D eigenvalue weighted by Crippen LogP contribution is 2.23. The Hall–Kier alpha value is -1.85. The summed E-state index contributed by atoms with van der Waals surface area (Å²) in [4.78, 5) is 23.7. The molecule has 19 heavy (non-hydrogen) atoms. The molecule has 1 amide bonds. The van der Waals surface area contributed by atoms with Crippen molar-refractivity contribution in [2.24, 2.45) is 11.8 Å². The molecule has 0 aromatic heterocycles. The normalized spacial score (nSPS) is 23.1. The Morgan fingerprint density at radius 3 is 2.42 bits per heavy atom. The molecular formula is C13H12F3NO2. The van der Waals surface area contributed by atoms with E-state index in [1.54, 1.807) is 0 Å². The van der Waals surface area contributed by atoms with Crippen molar-refractivity contribution in [3.8, 4) is 0 Å². The molecule has 0 aliphatic carbocycles. The smallest absolute Gasteiger partial charge is 0.230 e. The topological polar surface area (TPSA) is 46.2 Å². The van der Waals surface area contributed by atoms with Gasteiger partial charge in [0.25, 0.3) is 0 Å². The molecule has 6 heteroatoms. The van der Waals surface area contributed by atoms with Gasteiger partial charge in [-0.15, -0.1) is 0 Å². The zero-order valence-corrected chi connectivity index (χ0v) is 10.2. The van der Waals surface area contributed by atoms with Crippen LogP contribution in [0.5, 0.6) is 0 Å². The minimum Gasteiger partial charge on any atom is -0.355 e. The molecule has 2 unspecified atom stereocenters. The molecule has 0 bridgehead atoms. The maximum absolute atomic E-state index is 13.1. The molecule has 1 aromatic rings. The third-order valence-electron chi connectivity index (χ3n) is 3.16. The van der Waals surface area contributed by atoms with Gasteiger partial charge in [0.15, 0.2) is 23.2 Å². The van der Waals surface area contributed by atoms with Crippen LogP contribution in [-0.2, 0) is 4.79 Å². The Morgan fingerprint density at radius 2 is 1.84 bits per heavy atom. The van der Waals surface area contributed by atoms with E-state index in [0.29, 0.717) is 25.1 Å². The van der Waals surface area contributed by atoms with E-state index in [-0.39, 0.29) is 11.5 Å². The Balaban J connectivity index is 2.31. The Kier molecular flexibility index (Phi) is 3.59. The van der Waals surface area contributed by atoms with Crippen LogP contribution < -0.4 is 5.32 Å². The summed E-state index contributed by atoms with van der Waals surface area (Å²) in [7, 11) is 0. The molecule has 0 spiro atoms. The molecule has 1 aliphatic heterocycles. The number of rotatable bonds is 2. The summed E-state index contributed by atoms with van der Waals surface area (Å²) >= 11 is 0. The monoisotopic (exact) mass is 271 g/mol. The van der Waals surface area contributed by atoms with Crippen molar-refractivity contribution >= 4 is 11.7 Å². The van der Waals surface area contributed by atoms with Crippen LogP contribution >= 0.6 is 0 Å². The number of Topliss-reactive ketones (excluding diaryl/α,β-unsaturated/α-hetero) is 1. The van der Waals surface area contributed by atoms with Crippen LogP contribution in [0.3, 0.4) is 0 Å². The second kappa shape index (κ2) is 5.03. The van der Waals surface area contributed by atoms with E-state index in [2.05, 4.69) is 5.32 Å². The predicted octanol–water partition coefficient (Wildman–Crippen LogP) is 2.06. The van der Waals surface area contributed by atoms with Crippen LogP contribution in [0, 0.1) is 29.3 Å². The Labute approximate surface area is 107 Å². The number of halogens is 3. The lowest BCUT2D eigenvalue weighted by atomic mass is 9.85. The number of nitrogens with one attached hydrogen (secondary N) is 1. The highest BCUT2D eigenvalue weighted by atomic mass is 19.2. The van der Waals surface area contributed by atoms with Crippen molar-refractivity contribution in [1.29, 1.82) is 0 Å². The number of hydrogen-bond acceptors (Lipinski definition) is 2. The molecule has 1 saturated heterocycles. The first-order chi connectivity index (χ1) is 8.90. The van der Waals surface area contributed by atoms with E-state index in [0.717, 1.165) is 0 Å². The minimum atomic E-state index is -1.63. The summed E-state index contributed by atoms with van der Waals surface area (Å²) in [5, 5.41) is 2.55. The number of amides is 1. The molecule has 1 N–H and O–H groups in total. The van der Waals surface area contributed by atoms with Crippen LogP contribution in [0.1, 0.15) is 23.7 Å². The van der Waals surface area contributed by atoms with Crippen molar-refractivity contribution in [2.45, 2.75) is 13.3 Å². The average Bonchev–Trinajstić information content (AvgIpc) is 2.37. The first-order valence-electron chi connectivity index (χ1n) is 5.86. The summed E-state index contributed by atoms with van der Waals surface area (Å²) in [6.07, 6.45) is 0.311. The highest BCUT2D eigenvalue weighted by Gasteiger charge is 2.33. The Morgan fingerprint density at radius 1 is 1.26 bits per heavy atom. The molecule has 1 aliphatic rings. The van der Waals surface area contributed by atoms with Crippen LogP contribution in [0.4, 0.5) is 13.2 Å². The highest BCUT2D eigenvalue weighted by molar-refractivity contribution is 6.10. The van der Waals surface area contributed by atoms with E-state index in [9.17, 15) is 22.8 Å². The molecular weight excluding hydrogens is 259 g/mol. The fraction of sp³-hybridized carbons (Fsp3) is 0.385. The predicted molar refractivity (Wildman–Crippen MR) is 60.9 cm³/mol. The number of carbonyl (C=O) groups excluding carboxylic acids is 2. The van der Waals surface area contributed by atoms with Gasteiger partial charge >= 0.3 is 0 Å². The largest absolute Gasteiger partial charge is 0.355 e. The standard InChI is InChI=1S/C13H12F3NO2/c1-6-2-8(13(19)17-5-6)12(18)7-3-9(14)11(16)10(15)4-7/h3-4,6,8H,2,5H2,1H3,(H,17,19). The van der Waals surface area contributed by atoms with E-state index in [1.807, 2.05) is 6.92 Å². The molecule has 0 saturated carbocycles. The third-order valence-corrected chi connectivity index (χ3v) is 3.16. The second-order valence-electron chi connectivity index (χ2n) is 4.76. The summed E-state index contributed by atoms with van der Waals surface area (Å²) in [5.74, 6) is -6.54. The zero-order chi connectivity index (χ0) is 14.2. The van der Waals surface area contributed by atoms with Gasteiger partial charge in [-0.25, -0.2) is 13.2 Å². The summed E-state index contributed by atoms with van der Waals surface area (Å²) in [5.41, 5.74) is -0.328. The number of ketones is 1. The minimum absolute atomic E-state index is 0.0989. The van der Waals surface area contributed by atoms with Gasteiger partial charge in [-0.2, -0.15) is 0 Å². The summed E-state index contributed by atoms with van der Waals surface area (Å²) in [6, 6.07) is 1.24. The van der Waals surface area contributed by atoms with E-state index in [4.69, 9.17) is 0 Å². The number of hydrogen-bond donors (Lipinski definition) is 1.